The van der Waals surface area contributed by atoms with Crippen molar-refractivity contribution in [3.8, 4) is 5.75 Å². The van der Waals surface area contributed by atoms with Crippen molar-refractivity contribution in [3.63, 3.8) is 0 Å². The summed E-state index contributed by atoms with van der Waals surface area (Å²) < 4.78 is 11.1. The largest absolute Gasteiger partial charge is 0.458 e. The Morgan fingerprint density at radius 2 is 1.62 bits per heavy atom. The Hall–Kier alpha value is -6.02. The minimum Gasteiger partial charge on any atom is -0.458 e. The van der Waals surface area contributed by atoms with Gasteiger partial charge in [0.2, 0.25) is 11.8 Å². The van der Waals surface area contributed by atoms with Gasteiger partial charge in [0.05, 0.1) is 18.1 Å². The van der Waals surface area contributed by atoms with Gasteiger partial charge >= 0.3 is 18.1 Å². The predicted molar refractivity (Wildman–Crippen MR) is 218 cm³/mol. The van der Waals surface area contributed by atoms with E-state index in [2.05, 4.69) is 15.6 Å². The van der Waals surface area contributed by atoms with Gasteiger partial charge in [-0.25, -0.2) is 24.4 Å². The minimum atomic E-state index is -0.963. The molecule has 58 heavy (non-hydrogen) atoms. The summed E-state index contributed by atoms with van der Waals surface area (Å²) in [6, 6.07) is 23.0. The van der Waals surface area contributed by atoms with Crippen LogP contribution in [0.5, 0.6) is 5.75 Å². The van der Waals surface area contributed by atoms with Crippen LogP contribution in [0.3, 0.4) is 0 Å². The van der Waals surface area contributed by atoms with Crippen molar-refractivity contribution in [2.75, 3.05) is 13.6 Å². The van der Waals surface area contributed by atoms with Crippen molar-refractivity contribution in [1.82, 2.24) is 35.4 Å². The van der Waals surface area contributed by atoms with E-state index in [-0.39, 0.29) is 49.5 Å². The molecule has 14 heteroatoms. The second kappa shape index (κ2) is 17.6. The highest BCUT2D eigenvalue weighted by Crippen LogP contribution is 2.33. The number of nitrogens with one attached hydrogen (secondary N) is 2. The molecule has 0 radical (unpaired) electrons. The lowest BCUT2D eigenvalue weighted by atomic mass is 9.94. The Kier molecular flexibility index (Phi) is 12.7. The molecule has 0 aliphatic carbocycles. The van der Waals surface area contributed by atoms with E-state index in [0.717, 1.165) is 22.0 Å². The van der Waals surface area contributed by atoms with Crippen LogP contribution in [-0.4, -0.2) is 98.2 Å². The van der Waals surface area contributed by atoms with Gasteiger partial charge in [0.25, 0.3) is 0 Å². The first kappa shape index (κ1) is 41.6. The van der Waals surface area contributed by atoms with E-state index in [1.807, 2.05) is 81.4 Å². The van der Waals surface area contributed by atoms with Crippen LogP contribution < -0.4 is 15.4 Å². The summed E-state index contributed by atoms with van der Waals surface area (Å²) in [5.74, 6) is -0.775. The van der Waals surface area contributed by atoms with Crippen LogP contribution in [0.2, 0.25) is 0 Å². The lowest BCUT2D eigenvalue weighted by molar-refractivity contribution is -0.196. The van der Waals surface area contributed by atoms with Crippen molar-refractivity contribution in [3.05, 3.63) is 108 Å². The highest BCUT2D eigenvalue weighted by molar-refractivity contribution is 5.92. The Morgan fingerprint density at radius 3 is 2.31 bits per heavy atom. The number of esters is 1. The first-order valence-corrected chi connectivity index (χ1v) is 19.7. The number of ether oxygens (including phenoxy) is 2. The monoisotopic (exact) mass is 791 g/mol. The number of hydrazine groups is 1. The average Bonchev–Trinajstić information content (AvgIpc) is 3.17. The van der Waals surface area contributed by atoms with Gasteiger partial charge in [0, 0.05) is 38.1 Å². The van der Waals surface area contributed by atoms with Crippen LogP contribution in [0.4, 0.5) is 9.59 Å². The fraction of sp³-hybridized carbons (Fsp3) is 0.409. The van der Waals surface area contributed by atoms with Gasteiger partial charge in [-0.3, -0.25) is 14.6 Å². The Labute approximate surface area is 339 Å². The average molecular weight is 792 g/mol. The molecule has 5 amide bonds. The third-order valence-electron chi connectivity index (χ3n) is 10.2. The van der Waals surface area contributed by atoms with Gasteiger partial charge in [-0.1, -0.05) is 80.6 Å². The zero-order valence-corrected chi connectivity index (χ0v) is 34.2. The molecule has 3 aromatic carbocycles. The first-order chi connectivity index (χ1) is 27.6. The molecule has 1 aromatic heterocycles. The second-order valence-electron chi connectivity index (χ2n) is 16.3. The van der Waals surface area contributed by atoms with Gasteiger partial charge in [0.15, 0.2) is 0 Å². The number of pyridine rings is 1. The molecule has 6 rings (SSSR count). The smallest absolute Gasteiger partial charge is 0.413 e. The van der Waals surface area contributed by atoms with Gasteiger partial charge in [0.1, 0.15) is 29.6 Å². The number of carbonyl (C=O) groups is 5. The number of rotatable bonds is 11. The van der Waals surface area contributed by atoms with Crippen molar-refractivity contribution in [2.24, 2.45) is 5.92 Å². The molecule has 2 N–H and O–H groups in total. The molecule has 2 aliphatic heterocycles. The molecule has 0 saturated carbocycles. The van der Waals surface area contributed by atoms with E-state index < -0.39 is 48.0 Å². The van der Waals surface area contributed by atoms with Crippen molar-refractivity contribution >= 4 is 40.8 Å². The topological polar surface area (TPSA) is 154 Å². The number of amides is 5. The highest BCUT2D eigenvalue weighted by Gasteiger charge is 2.54. The lowest BCUT2D eigenvalue weighted by Gasteiger charge is -2.57. The second-order valence-corrected chi connectivity index (χ2v) is 16.3. The Morgan fingerprint density at radius 1 is 0.914 bits per heavy atom. The number of benzene rings is 3. The van der Waals surface area contributed by atoms with Gasteiger partial charge in [-0.05, 0) is 74.9 Å². The van der Waals surface area contributed by atoms with Gasteiger partial charge in [-0.15, -0.1) is 0 Å². The Balaban J connectivity index is 1.26. The van der Waals surface area contributed by atoms with Crippen LogP contribution in [0, 0.1) is 5.92 Å². The number of hydrogen-bond donors (Lipinski definition) is 2. The van der Waals surface area contributed by atoms with Crippen LogP contribution in [0.15, 0.2) is 91.1 Å². The molecule has 2 saturated heterocycles. The summed E-state index contributed by atoms with van der Waals surface area (Å²) in [6.45, 7) is 11.4. The fourth-order valence-electron chi connectivity index (χ4n) is 7.56. The summed E-state index contributed by atoms with van der Waals surface area (Å²) in [5, 5.41) is 9.74. The SMILES string of the molecule is CC(C)CC(NC(=O)Oc1ccc(C[C@H]2C(=O)N(Cc3cccc4cccnc34)[C@@H](C)C3N2C(=O)CN(C)N3C(=O)NCc2ccccc2)cc1)C(=O)OC(C)(C)C. The molecule has 0 bridgehead atoms. The number of fused-ring (bicyclic) bond motifs is 2. The number of piperazine rings is 1. The number of carbonyl (C=O) groups excluding carboxylic acids is 5. The molecule has 2 fully saturated rings. The quantitative estimate of drug-likeness (QED) is 0.184. The zero-order chi connectivity index (χ0) is 41.7. The van der Waals surface area contributed by atoms with Crippen LogP contribution in [0.1, 0.15) is 64.7 Å². The lowest BCUT2D eigenvalue weighted by Crippen LogP contribution is -2.78. The maximum atomic E-state index is 14.7. The molecule has 4 aromatic rings. The normalized spacial score (nSPS) is 19.2. The molecular weight excluding hydrogens is 739 g/mol. The molecular formula is C44H53N7O7. The minimum absolute atomic E-state index is 0.102. The van der Waals surface area contributed by atoms with Gasteiger partial charge < -0.3 is 29.9 Å². The van der Waals surface area contributed by atoms with Crippen LogP contribution in [0.25, 0.3) is 10.9 Å². The van der Waals surface area contributed by atoms with Crippen LogP contribution >= 0.6 is 0 Å². The Bertz CT molecular complexity index is 2120. The van der Waals surface area contributed by atoms with Crippen molar-refractivity contribution in [1.29, 1.82) is 0 Å². The fourth-order valence-corrected chi connectivity index (χ4v) is 7.56. The van der Waals surface area contributed by atoms with Gasteiger partial charge in [-0.2, -0.15) is 0 Å². The highest BCUT2D eigenvalue weighted by atomic mass is 16.6. The van der Waals surface area contributed by atoms with E-state index in [0.29, 0.717) is 12.0 Å². The third-order valence-corrected chi connectivity index (χ3v) is 10.2. The standard InChI is InChI=1S/C44H53N7O7/c1-28(2)23-35(41(54)58-44(4,5)6)47-43(56)57-34-20-18-30(19-21-34)24-36-40(53)49(26-33-16-11-15-32-17-12-22-45-38(32)33)29(3)39-50(36)37(52)27-48(7)51(39)42(55)46-25-31-13-9-8-10-14-31/h8-22,28-29,35-36,39H,23-27H2,1-7H3,(H,46,55)(H,47,56)/t29-,35?,36-,39?/m0/s1. The van der Waals surface area contributed by atoms with Crippen molar-refractivity contribution < 1.29 is 33.4 Å². The maximum Gasteiger partial charge on any atom is 0.413 e. The van der Waals surface area contributed by atoms with E-state index in [4.69, 9.17) is 9.47 Å². The summed E-state index contributed by atoms with van der Waals surface area (Å²) in [6.07, 6.45) is 0.567. The molecule has 4 atom stereocenters. The summed E-state index contributed by atoms with van der Waals surface area (Å²) >= 11 is 0. The number of urea groups is 1. The number of hydrogen-bond acceptors (Lipinski definition) is 9. The predicted octanol–water partition coefficient (Wildman–Crippen LogP) is 5.65. The first-order valence-electron chi connectivity index (χ1n) is 19.7. The number of nitrogens with zero attached hydrogens (tertiary/aromatic N) is 5. The van der Waals surface area contributed by atoms with Crippen molar-refractivity contribution in [2.45, 2.75) is 97.4 Å². The number of aromatic nitrogens is 1. The summed E-state index contributed by atoms with van der Waals surface area (Å²) in [7, 11) is 1.70. The summed E-state index contributed by atoms with van der Waals surface area (Å²) in [5.41, 5.74) is 2.49. The third kappa shape index (κ3) is 9.74. The van der Waals surface area contributed by atoms with E-state index in [1.54, 1.807) is 78.1 Å². The van der Waals surface area contributed by atoms with E-state index in [9.17, 15) is 24.0 Å². The maximum absolute atomic E-state index is 14.7. The summed E-state index contributed by atoms with van der Waals surface area (Å²) in [4.78, 5) is 76.6. The molecule has 14 nitrogen and oxygen atoms in total. The number of para-hydroxylation sites is 1. The number of likely N-dealkylation sites (N-methyl/N-ethyl adjacent to an activating group) is 1. The van der Waals surface area contributed by atoms with Crippen LogP contribution in [-0.2, 0) is 38.6 Å². The van der Waals surface area contributed by atoms with E-state index in [1.165, 1.54) is 0 Å². The molecule has 2 aliphatic rings. The molecule has 0 spiro atoms. The van der Waals surface area contributed by atoms with E-state index >= 15 is 0 Å². The zero-order valence-electron chi connectivity index (χ0n) is 34.2. The molecule has 3 heterocycles. The molecule has 306 valence electrons. The molecule has 2 unspecified atom stereocenters.